The van der Waals surface area contributed by atoms with E-state index in [1.165, 1.54) is 24.3 Å². The first-order valence-corrected chi connectivity index (χ1v) is 7.78. The molecule has 2 aromatic rings. The summed E-state index contributed by atoms with van der Waals surface area (Å²) in [5.41, 5.74) is -1.02. The molecule has 0 aliphatic carbocycles. The number of methoxy groups -OCH3 is 1. The molecule has 1 unspecified atom stereocenters. The maximum atomic E-state index is 13.2. The molecule has 4 nitrogen and oxygen atoms in total. The highest BCUT2D eigenvalue weighted by Crippen LogP contribution is 2.30. The number of carbonyl (C=O) groups is 2. The number of carboxylic acid groups (broad SMARTS) is 1. The molecule has 29 heavy (non-hydrogen) atoms. The number of aliphatic carboxylic acids is 1. The molecule has 0 spiro atoms. The minimum Gasteiger partial charge on any atom is -0.477 e. The van der Waals surface area contributed by atoms with Crippen molar-refractivity contribution in [2.75, 3.05) is 7.11 Å². The van der Waals surface area contributed by atoms with Crippen LogP contribution in [0.1, 0.15) is 18.6 Å². The Balaban J connectivity index is 0. The predicted molar refractivity (Wildman–Crippen MR) is 108 cm³/mol. The lowest BCUT2D eigenvalue weighted by Crippen LogP contribution is -2.27. The molecule has 1 N–H and O–H groups in total. The standard InChI is InChI=1S/C9H7ClF2O2.C8H5ClF2O2.CH4.H3P/c1-14-8(13)9(11,12)6-2-4-7(10)5-3-6;9-6-3-1-5(2-4-6)8(10,11)7(12)13;;/h2-5H,1H3;1-4H,(H,12,13);1H4;1H3. The maximum Gasteiger partial charge on any atom is 0.381 e. The van der Waals surface area contributed by atoms with Gasteiger partial charge < -0.3 is 9.84 Å². The van der Waals surface area contributed by atoms with E-state index in [2.05, 4.69) is 4.74 Å². The second kappa shape index (κ2) is 12.0. The van der Waals surface area contributed by atoms with Crippen molar-refractivity contribution in [1.29, 1.82) is 0 Å². The predicted octanol–water partition coefficient (Wildman–Crippen LogP) is 5.82. The fourth-order valence-electron chi connectivity index (χ4n) is 1.69. The summed E-state index contributed by atoms with van der Waals surface area (Å²) in [5.74, 6) is -11.2. The summed E-state index contributed by atoms with van der Waals surface area (Å²) < 4.78 is 55.8. The van der Waals surface area contributed by atoms with Crippen LogP contribution >= 0.6 is 33.1 Å². The molecule has 0 saturated heterocycles. The quantitative estimate of drug-likeness (QED) is 0.343. The van der Waals surface area contributed by atoms with Gasteiger partial charge in [0.1, 0.15) is 0 Å². The molecule has 0 saturated carbocycles. The van der Waals surface area contributed by atoms with Crippen LogP contribution in [0.25, 0.3) is 0 Å². The van der Waals surface area contributed by atoms with Crippen LogP contribution in [0.3, 0.4) is 0 Å². The molecular weight excluding hydrogens is 458 g/mol. The topological polar surface area (TPSA) is 63.6 Å². The van der Waals surface area contributed by atoms with Gasteiger partial charge in [0.15, 0.2) is 0 Å². The molecule has 2 rings (SSSR count). The first-order chi connectivity index (χ1) is 12.4. The maximum absolute atomic E-state index is 13.2. The molecule has 0 aliphatic rings. The second-order valence-electron chi connectivity index (χ2n) is 4.96. The Morgan fingerprint density at radius 3 is 1.41 bits per heavy atom. The Morgan fingerprint density at radius 1 is 0.828 bits per heavy atom. The van der Waals surface area contributed by atoms with E-state index in [9.17, 15) is 27.2 Å². The highest BCUT2D eigenvalue weighted by atomic mass is 35.5. The normalized spacial score (nSPS) is 10.4. The lowest BCUT2D eigenvalue weighted by molar-refractivity contribution is -0.170. The Hall–Kier alpha value is -1.89. The van der Waals surface area contributed by atoms with Crippen molar-refractivity contribution >= 4 is 45.0 Å². The first kappa shape index (κ1) is 29.3. The van der Waals surface area contributed by atoms with Crippen LogP contribution in [0.15, 0.2) is 48.5 Å². The van der Waals surface area contributed by atoms with Crippen LogP contribution in [0.4, 0.5) is 17.6 Å². The monoisotopic (exact) mass is 476 g/mol. The SMILES string of the molecule is C.COC(=O)C(F)(F)c1ccc(Cl)cc1.O=C(O)C(F)(F)c1ccc(Cl)cc1.P. The molecule has 0 radical (unpaired) electrons. The highest BCUT2D eigenvalue weighted by Gasteiger charge is 2.42. The summed E-state index contributed by atoms with van der Waals surface area (Å²) in [6, 6.07) is 9.13. The van der Waals surface area contributed by atoms with Crippen molar-refractivity contribution in [2.24, 2.45) is 0 Å². The zero-order valence-electron chi connectivity index (χ0n) is 14.3. The van der Waals surface area contributed by atoms with E-state index in [1.807, 2.05) is 0 Å². The van der Waals surface area contributed by atoms with E-state index in [-0.39, 0.29) is 22.3 Å². The largest absolute Gasteiger partial charge is 0.477 e. The molecule has 1 atom stereocenters. The van der Waals surface area contributed by atoms with E-state index in [0.29, 0.717) is 5.02 Å². The van der Waals surface area contributed by atoms with Crippen LogP contribution < -0.4 is 0 Å². The number of carbonyl (C=O) groups excluding carboxylic acids is 1. The third-order valence-electron chi connectivity index (χ3n) is 3.12. The van der Waals surface area contributed by atoms with Crippen molar-refractivity contribution in [3.8, 4) is 0 Å². The average molecular weight is 477 g/mol. The summed E-state index contributed by atoms with van der Waals surface area (Å²) in [6.07, 6.45) is 0. The third-order valence-corrected chi connectivity index (χ3v) is 3.63. The second-order valence-corrected chi connectivity index (χ2v) is 5.83. The fourth-order valence-corrected chi connectivity index (χ4v) is 1.94. The number of hydrogen-bond donors (Lipinski definition) is 1. The van der Waals surface area contributed by atoms with E-state index < -0.39 is 34.9 Å². The van der Waals surface area contributed by atoms with Crippen molar-refractivity contribution in [2.45, 2.75) is 19.3 Å². The van der Waals surface area contributed by atoms with Gasteiger partial charge in [-0.1, -0.05) is 54.9 Å². The van der Waals surface area contributed by atoms with Gasteiger partial charge in [0.2, 0.25) is 0 Å². The molecule has 0 bridgehead atoms. The molecule has 0 aromatic heterocycles. The van der Waals surface area contributed by atoms with Gasteiger partial charge >= 0.3 is 23.8 Å². The van der Waals surface area contributed by atoms with E-state index >= 15 is 0 Å². The Morgan fingerprint density at radius 2 is 1.14 bits per heavy atom. The molecule has 162 valence electrons. The Bertz CT molecular complexity index is 801. The molecule has 11 heteroatoms. The first-order valence-electron chi connectivity index (χ1n) is 7.02. The summed E-state index contributed by atoms with van der Waals surface area (Å²) in [5, 5.41) is 8.79. The fraction of sp³-hybridized carbons (Fsp3) is 0.222. The number of ether oxygens (including phenoxy) is 1. The molecule has 0 fully saturated rings. The van der Waals surface area contributed by atoms with E-state index in [4.69, 9.17) is 28.3 Å². The smallest absolute Gasteiger partial charge is 0.381 e. The summed E-state index contributed by atoms with van der Waals surface area (Å²) in [6.45, 7) is 0. The number of benzene rings is 2. The minimum absolute atomic E-state index is 0. The molecule has 2 aromatic carbocycles. The highest BCUT2D eigenvalue weighted by molar-refractivity contribution is 6.92. The van der Waals surface area contributed by atoms with Gasteiger partial charge in [0.25, 0.3) is 0 Å². The Kier molecular flexibility index (Phi) is 12.1. The molecule has 0 amide bonds. The van der Waals surface area contributed by atoms with Crippen LogP contribution in [-0.2, 0) is 26.2 Å². The zero-order chi connectivity index (χ0) is 20.8. The van der Waals surface area contributed by atoms with Crippen LogP contribution in [-0.4, -0.2) is 24.2 Å². The lowest BCUT2D eigenvalue weighted by atomic mass is 10.1. The van der Waals surface area contributed by atoms with Crippen molar-refractivity contribution in [3.05, 3.63) is 69.7 Å². The van der Waals surface area contributed by atoms with Gasteiger partial charge in [-0.25, -0.2) is 9.59 Å². The van der Waals surface area contributed by atoms with Gasteiger partial charge in [-0.2, -0.15) is 27.5 Å². The number of hydrogen-bond acceptors (Lipinski definition) is 3. The van der Waals surface area contributed by atoms with Crippen LogP contribution in [0, 0.1) is 0 Å². The molecule has 0 aliphatic heterocycles. The number of rotatable bonds is 4. The number of esters is 1. The van der Waals surface area contributed by atoms with E-state index in [0.717, 1.165) is 31.4 Å². The van der Waals surface area contributed by atoms with Crippen LogP contribution in [0.5, 0.6) is 0 Å². The minimum atomic E-state index is -3.86. The van der Waals surface area contributed by atoms with Crippen molar-refractivity contribution in [1.82, 2.24) is 0 Å². The number of halogens is 6. The molecular formula is C18H19Cl2F4O4P. The third kappa shape index (κ3) is 7.80. The number of alkyl halides is 4. The molecule has 0 heterocycles. The summed E-state index contributed by atoms with van der Waals surface area (Å²) >= 11 is 11.0. The zero-order valence-corrected chi connectivity index (χ0v) is 17.2. The number of carboxylic acids is 1. The summed E-state index contributed by atoms with van der Waals surface area (Å²) in [4.78, 5) is 20.8. The van der Waals surface area contributed by atoms with Gasteiger partial charge in [0, 0.05) is 21.2 Å². The van der Waals surface area contributed by atoms with Crippen LogP contribution in [0.2, 0.25) is 10.0 Å². The van der Waals surface area contributed by atoms with Crippen molar-refractivity contribution in [3.63, 3.8) is 0 Å². The van der Waals surface area contributed by atoms with Gasteiger partial charge in [-0.05, 0) is 24.3 Å². The van der Waals surface area contributed by atoms with Gasteiger partial charge in [-0.15, -0.1) is 0 Å². The lowest BCUT2D eigenvalue weighted by Gasteiger charge is -2.13. The van der Waals surface area contributed by atoms with Gasteiger partial charge in [0.05, 0.1) is 7.11 Å². The van der Waals surface area contributed by atoms with E-state index in [1.54, 1.807) is 0 Å². The average Bonchev–Trinajstić information content (AvgIpc) is 2.62. The van der Waals surface area contributed by atoms with Gasteiger partial charge in [-0.3, -0.25) is 0 Å². The summed E-state index contributed by atoms with van der Waals surface area (Å²) in [7, 11) is 0.909. The van der Waals surface area contributed by atoms with Crippen molar-refractivity contribution < 1.29 is 37.0 Å². The Labute approximate surface area is 178 Å².